The van der Waals surface area contributed by atoms with Crippen molar-refractivity contribution in [3.8, 4) is 12.3 Å². The van der Waals surface area contributed by atoms with E-state index in [2.05, 4.69) is 55.9 Å². The van der Waals surface area contributed by atoms with Crippen molar-refractivity contribution in [1.29, 1.82) is 0 Å². The lowest BCUT2D eigenvalue weighted by molar-refractivity contribution is 0.0169. The molecule has 0 heterocycles. The van der Waals surface area contributed by atoms with Gasteiger partial charge in [0.25, 0.3) is 0 Å². The molecule has 0 aliphatic rings. The maximum absolute atomic E-state index is 10.1. The van der Waals surface area contributed by atoms with E-state index in [-0.39, 0.29) is 13.2 Å². The molecule has 116 valence electrons. The maximum Gasteiger partial charge on any atom is 0.107 e. The first-order chi connectivity index (χ1) is 10.1. The van der Waals surface area contributed by atoms with Crippen LogP contribution in [0.1, 0.15) is 31.4 Å². The number of aryl methyl sites for hydroxylation is 1. The lowest BCUT2D eigenvalue weighted by Crippen LogP contribution is -2.40. The quantitative estimate of drug-likeness (QED) is 0.560. The number of aliphatic hydroxyl groups is 1. The van der Waals surface area contributed by atoms with Crippen LogP contribution in [0.5, 0.6) is 0 Å². The van der Waals surface area contributed by atoms with Gasteiger partial charge in [-0.15, -0.1) is 6.42 Å². The zero-order valence-corrected chi connectivity index (χ0v) is 13.4. The van der Waals surface area contributed by atoms with Gasteiger partial charge in [0.1, 0.15) is 6.61 Å². The van der Waals surface area contributed by atoms with Gasteiger partial charge < -0.3 is 9.84 Å². The Kier molecular flexibility index (Phi) is 8.07. The second-order valence-corrected chi connectivity index (χ2v) is 5.49. The average molecular weight is 289 g/mol. The third-order valence-electron chi connectivity index (χ3n) is 3.79. The Morgan fingerprint density at radius 1 is 1.38 bits per heavy atom. The highest BCUT2D eigenvalue weighted by Gasteiger charge is 2.17. The van der Waals surface area contributed by atoms with E-state index in [0.717, 1.165) is 13.0 Å². The van der Waals surface area contributed by atoms with Gasteiger partial charge in [0.2, 0.25) is 0 Å². The molecule has 0 saturated heterocycles. The van der Waals surface area contributed by atoms with Crippen LogP contribution >= 0.6 is 0 Å². The summed E-state index contributed by atoms with van der Waals surface area (Å²) >= 11 is 0. The fourth-order valence-electron chi connectivity index (χ4n) is 2.24. The molecule has 1 rings (SSSR count). The summed E-state index contributed by atoms with van der Waals surface area (Å²) in [4.78, 5) is 2.30. The highest BCUT2D eigenvalue weighted by Crippen LogP contribution is 2.14. The molecule has 1 N–H and O–H groups in total. The summed E-state index contributed by atoms with van der Waals surface area (Å²) in [5.74, 6) is 2.41. The van der Waals surface area contributed by atoms with Crippen molar-refractivity contribution in [1.82, 2.24) is 4.90 Å². The minimum absolute atomic E-state index is 0.248. The molecule has 0 radical (unpaired) electrons. The number of benzene rings is 1. The van der Waals surface area contributed by atoms with Crippen molar-refractivity contribution in [2.24, 2.45) is 0 Å². The Balaban J connectivity index is 2.64. The van der Waals surface area contributed by atoms with Crippen LogP contribution in [-0.4, -0.2) is 41.9 Å². The fourth-order valence-corrected chi connectivity index (χ4v) is 2.24. The van der Waals surface area contributed by atoms with E-state index in [1.54, 1.807) is 0 Å². The fraction of sp³-hybridized carbons (Fsp3) is 0.556. The minimum atomic E-state index is -0.517. The summed E-state index contributed by atoms with van der Waals surface area (Å²) in [5, 5.41) is 10.1. The number of hydrogen-bond donors (Lipinski definition) is 1. The molecule has 0 aliphatic heterocycles. The predicted molar refractivity (Wildman–Crippen MR) is 87.0 cm³/mol. The third kappa shape index (κ3) is 6.31. The summed E-state index contributed by atoms with van der Waals surface area (Å²) in [6.07, 6.45) is 5.67. The van der Waals surface area contributed by atoms with E-state index in [9.17, 15) is 5.11 Å². The SMILES string of the molecule is C#CCOCC(O)CN(Cc1ccccc1C)C(C)CC. The van der Waals surface area contributed by atoms with Crippen LogP contribution in [0.25, 0.3) is 0 Å². The molecule has 0 aliphatic carbocycles. The molecule has 0 aromatic heterocycles. The highest BCUT2D eigenvalue weighted by atomic mass is 16.5. The second-order valence-electron chi connectivity index (χ2n) is 5.49. The maximum atomic E-state index is 10.1. The molecular formula is C18H27NO2. The van der Waals surface area contributed by atoms with Crippen LogP contribution in [0.3, 0.4) is 0 Å². The zero-order chi connectivity index (χ0) is 15.7. The van der Waals surface area contributed by atoms with E-state index in [1.807, 2.05) is 0 Å². The summed E-state index contributed by atoms with van der Waals surface area (Å²) in [7, 11) is 0. The van der Waals surface area contributed by atoms with E-state index in [4.69, 9.17) is 11.2 Å². The summed E-state index contributed by atoms with van der Waals surface area (Å²) in [6, 6.07) is 8.79. The number of hydrogen-bond acceptors (Lipinski definition) is 3. The molecule has 0 saturated carbocycles. The van der Waals surface area contributed by atoms with E-state index < -0.39 is 6.10 Å². The Morgan fingerprint density at radius 3 is 2.71 bits per heavy atom. The van der Waals surface area contributed by atoms with Crippen LogP contribution in [0.2, 0.25) is 0 Å². The summed E-state index contributed by atoms with van der Waals surface area (Å²) < 4.78 is 5.22. The molecule has 3 heteroatoms. The zero-order valence-electron chi connectivity index (χ0n) is 13.4. The normalized spacial score (nSPS) is 13.9. The largest absolute Gasteiger partial charge is 0.389 e. The summed E-state index contributed by atoms with van der Waals surface area (Å²) in [5.41, 5.74) is 2.58. The van der Waals surface area contributed by atoms with Gasteiger partial charge >= 0.3 is 0 Å². The van der Waals surface area contributed by atoms with Gasteiger partial charge in [0, 0.05) is 19.1 Å². The number of ether oxygens (including phenoxy) is 1. The van der Waals surface area contributed by atoms with Gasteiger partial charge in [-0.1, -0.05) is 37.1 Å². The van der Waals surface area contributed by atoms with Crippen LogP contribution in [-0.2, 0) is 11.3 Å². The third-order valence-corrected chi connectivity index (χ3v) is 3.79. The van der Waals surface area contributed by atoms with Crippen molar-refractivity contribution >= 4 is 0 Å². The number of terminal acetylenes is 1. The lowest BCUT2D eigenvalue weighted by atomic mass is 10.1. The molecule has 3 nitrogen and oxygen atoms in total. The standard InChI is InChI=1S/C18H27NO2/c1-5-11-21-14-18(20)13-19(16(4)6-2)12-17-10-8-7-9-15(17)3/h1,7-10,16,18,20H,6,11-14H2,2-4H3. The van der Waals surface area contributed by atoms with Crippen molar-refractivity contribution in [2.45, 2.75) is 45.9 Å². The molecule has 0 bridgehead atoms. The van der Waals surface area contributed by atoms with Crippen LogP contribution < -0.4 is 0 Å². The van der Waals surface area contributed by atoms with E-state index in [0.29, 0.717) is 12.6 Å². The first-order valence-corrected chi connectivity index (χ1v) is 7.56. The van der Waals surface area contributed by atoms with E-state index in [1.165, 1.54) is 11.1 Å². The summed E-state index contributed by atoms with van der Waals surface area (Å²) in [6.45, 7) is 8.44. The highest BCUT2D eigenvalue weighted by molar-refractivity contribution is 5.25. The number of aliphatic hydroxyl groups excluding tert-OH is 1. The predicted octanol–water partition coefficient (Wildman–Crippen LogP) is 2.61. The topological polar surface area (TPSA) is 32.7 Å². The van der Waals surface area contributed by atoms with Crippen molar-refractivity contribution in [2.75, 3.05) is 19.8 Å². The second kappa shape index (κ2) is 9.57. The molecule has 0 amide bonds. The molecule has 0 spiro atoms. The van der Waals surface area contributed by atoms with Crippen molar-refractivity contribution in [3.05, 3.63) is 35.4 Å². The van der Waals surface area contributed by atoms with Crippen LogP contribution in [0, 0.1) is 19.3 Å². The molecule has 2 atom stereocenters. The van der Waals surface area contributed by atoms with Gasteiger partial charge in [-0.3, -0.25) is 4.90 Å². The molecule has 2 unspecified atom stereocenters. The molecule has 1 aromatic rings. The Labute approximate surface area is 128 Å². The van der Waals surface area contributed by atoms with Gasteiger partial charge in [0.05, 0.1) is 12.7 Å². The first-order valence-electron chi connectivity index (χ1n) is 7.56. The molecule has 0 fully saturated rings. The van der Waals surface area contributed by atoms with Crippen LogP contribution in [0.4, 0.5) is 0 Å². The van der Waals surface area contributed by atoms with Crippen molar-refractivity contribution in [3.63, 3.8) is 0 Å². The lowest BCUT2D eigenvalue weighted by Gasteiger charge is -2.31. The Morgan fingerprint density at radius 2 is 2.10 bits per heavy atom. The minimum Gasteiger partial charge on any atom is -0.389 e. The smallest absolute Gasteiger partial charge is 0.107 e. The monoisotopic (exact) mass is 289 g/mol. The molecular weight excluding hydrogens is 262 g/mol. The Hall–Kier alpha value is -1.34. The van der Waals surface area contributed by atoms with Crippen molar-refractivity contribution < 1.29 is 9.84 Å². The number of rotatable bonds is 9. The van der Waals surface area contributed by atoms with Gasteiger partial charge in [-0.25, -0.2) is 0 Å². The molecule has 1 aromatic carbocycles. The van der Waals surface area contributed by atoms with Gasteiger partial charge in [0.15, 0.2) is 0 Å². The van der Waals surface area contributed by atoms with Gasteiger partial charge in [-0.2, -0.15) is 0 Å². The van der Waals surface area contributed by atoms with Gasteiger partial charge in [-0.05, 0) is 31.4 Å². The van der Waals surface area contributed by atoms with E-state index >= 15 is 0 Å². The Bertz CT molecular complexity index is 453. The average Bonchev–Trinajstić information content (AvgIpc) is 2.48. The van der Waals surface area contributed by atoms with Crippen LogP contribution in [0.15, 0.2) is 24.3 Å². The molecule has 21 heavy (non-hydrogen) atoms. The number of nitrogens with zero attached hydrogens (tertiary/aromatic N) is 1. The first kappa shape index (κ1) is 17.7.